The molecule has 2 aliphatic rings. The first-order valence-electron chi connectivity index (χ1n) is 7.58. The highest BCUT2D eigenvalue weighted by Gasteiger charge is 2.41. The van der Waals surface area contributed by atoms with Gasteiger partial charge in [-0.15, -0.1) is 0 Å². The molecule has 1 aliphatic heterocycles. The van der Waals surface area contributed by atoms with Crippen LogP contribution in [0.3, 0.4) is 0 Å². The Hall–Kier alpha value is -1.06. The maximum atomic E-state index is 12.5. The lowest BCUT2D eigenvalue weighted by molar-refractivity contribution is -0.150. The summed E-state index contributed by atoms with van der Waals surface area (Å²) in [5, 5.41) is 2.85. The summed E-state index contributed by atoms with van der Waals surface area (Å²) < 4.78 is 0. The van der Waals surface area contributed by atoms with Crippen molar-refractivity contribution in [3.05, 3.63) is 0 Å². The minimum Gasteiger partial charge on any atom is -0.343 e. The number of piperazine rings is 1. The van der Waals surface area contributed by atoms with Crippen LogP contribution in [0.1, 0.15) is 59.3 Å². The highest BCUT2D eigenvalue weighted by Crippen LogP contribution is 2.39. The molecule has 0 aromatic heterocycles. The quantitative estimate of drug-likeness (QED) is 0.847. The molecule has 1 aliphatic carbocycles. The molecular formula is C15H26N2O2. The van der Waals surface area contributed by atoms with Crippen molar-refractivity contribution in [3.63, 3.8) is 0 Å². The maximum Gasteiger partial charge on any atom is 0.245 e. The van der Waals surface area contributed by atoms with Gasteiger partial charge in [0, 0.05) is 6.54 Å². The molecular weight excluding hydrogens is 240 g/mol. The van der Waals surface area contributed by atoms with Gasteiger partial charge in [0.1, 0.15) is 12.1 Å². The number of hydrogen-bond acceptors (Lipinski definition) is 2. The smallest absolute Gasteiger partial charge is 0.245 e. The summed E-state index contributed by atoms with van der Waals surface area (Å²) in [6.45, 7) is 6.87. The Kier molecular flexibility index (Phi) is 4.16. The highest BCUT2D eigenvalue weighted by molar-refractivity contribution is 5.96. The molecule has 0 radical (unpaired) electrons. The number of hydrogen-bond donors (Lipinski definition) is 1. The van der Waals surface area contributed by atoms with E-state index in [1.54, 1.807) is 0 Å². The summed E-state index contributed by atoms with van der Waals surface area (Å²) >= 11 is 0. The zero-order chi connectivity index (χ0) is 14.0. The van der Waals surface area contributed by atoms with Gasteiger partial charge in [-0.25, -0.2) is 0 Å². The van der Waals surface area contributed by atoms with E-state index in [1.165, 1.54) is 25.7 Å². The summed E-state index contributed by atoms with van der Waals surface area (Å²) in [5.74, 6) is 0.113. The second-order valence-corrected chi connectivity index (χ2v) is 6.51. The number of amides is 2. The lowest BCUT2D eigenvalue weighted by Gasteiger charge is -2.41. The number of nitrogens with zero attached hydrogens (tertiary/aromatic N) is 1. The lowest BCUT2D eigenvalue weighted by Crippen LogP contribution is -2.63. The van der Waals surface area contributed by atoms with Gasteiger partial charge in [0.2, 0.25) is 11.8 Å². The number of carbonyl (C=O) groups excluding carboxylic acids is 2. The first kappa shape index (κ1) is 14.4. The van der Waals surface area contributed by atoms with Crippen molar-refractivity contribution in [2.24, 2.45) is 5.41 Å². The van der Waals surface area contributed by atoms with Gasteiger partial charge in [0.15, 0.2) is 0 Å². The average Bonchev–Trinajstić information content (AvgIpc) is 2.79. The Morgan fingerprint density at radius 2 is 1.95 bits per heavy atom. The van der Waals surface area contributed by atoms with Crippen molar-refractivity contribution in [1.29, 1.82) is 0 Å². The van der Waals surface area contributed by atoms with Gasteiger partial charge in [-0.1, -0.05) is 33.1 Å². The van der Waals surface area contributed by atoms with E-state index in [2.05, 4.69) is 12.2 Å². The summed E-state index contributed by atoms with van der Waals surface area (Å²) in [7, 11) is 0. The Labute approximate surface area is 115 Å². The van der Waals surface area contributed by atoms with Crippen LogP contribution in [0, 0.1) is 5.41 Å². The van der Waals surface area contributed by atoms with Crippen LogP contribution in [0.25, 0.3) is 0 Å². The normalized spacial score (nSPS) is 30.6. The van der Waals surface area contributed by atoms with E-state index >= 15 is 0 Å². The Bertz CT molecular complexity index is 361. The molecule has 1 saturated carbocycles. The van der Waals surface area contributed by atoms with E-state index in [0.29, 0.717) is 0 Å². The van der Waals surface area contributed by atoms with Crippen LogP contribution in [0.15, 0.2) is 0 Å². The SMILES string of the molecule is CCCC1NC(=O)C(C)N(CC2(C)CCCC2)C1=O. The molecule has 2 atom stereocenters. The van der Waals surface area contributed by atoms with Crippen LogP contribution in [0.2, 0.25) is 0 Å². The standard InChI is InChI=1S/C15H26N2O2/c1-4-7-12-14(19)17(11(2)13(18)16-12)10-15(3)8-5-6-9-15/h11-12H,4-10H2,1-3H3,(H,16,18). The zero-order valence-corrected chi connectivity index (χ0v) is 12.4. The molecule has 2 fully saturated rings. The third-order valence-electron chi connectivity index (χ3n) is 4.68. The molecule has 19 heavy (non-hydrogen) atoms. The van der Waals surface area contributed by atoms with E-state index in [0.717, 1.165) is 19.4 Å². The van der Waals surface area contributed by atoms with Gasteiger partial charge in [-0.3, -0.25) is 9.59 Å². The predicted octanol–water partition coefficient (Wildman–Crippen LogP) is 2.08. The van der Waals surface area contributed by atoms with E-state index in [4.69, 9.17) is 0 Å². The molecule has 2 unspecified atom stereocenters. The fraction of sp³-hybridized carbons (Fsp3) is 0.867. The summed E-state index contributed by atoms with van der Waals surface area (Å²) in [6.07, 6.45) is 6.49. The average molecular weight is 266 g/mol. The molecule has 0 spiro atoms. The zero-order valence-electron chi connectivity index (χ0n) is 12.4. The number of rotatable bonds is 4. The van der Waals surface area contributed by atoms with E-state index in [9.17, 15) is 9.59 Å². The summed E-state index contributed by atoms with van der Waals surface area (Å²) in [6, 6.07) is -0.628. The van der Waals surface area contributed by atoms with Gasteiger partial charge >= 0.3 is 0 Å². The third kappa shape index (κ3) is 2.93. The van der Waals surface area contributed by atoms with Crippen molar-refractivity contribution in [2.45, 2.75) is 71.4 Å². The predicted molar refractivity (Wildman–Crippen MR) is 74.6 cm³/mol. The molecule has 4 nitrogen and oxygen atoms in total. The van der Waals surface area contributed by atoms with Crippen molar-refractivity contribution >= 4 is 11.8 Å². The van der Waals surface area contributed by atoms with E-state index < -0.39 is 0 Å². The van der Waals surface area contributed by atoms with Crippen LogP contribution in [0.4, 0.5) is 0 Å². The third-order valence-corrected chi connectivity index (χ3v) is 4.68. The number of carbonyl (C=O) groups is 2. The van der Waals surface area contributed by atoms with Crippen LogP contribution in [-0.4, -0.2) is 35.3 Å². The topological polar surface area (TPSA) is 49.4 Å². The molecule has 108 valence electrons. The Morgan fingerprint density at radius 3 is 2.53 bits per heavy atom. The monoisotopic (exact) mass is 266 g/mol. The highest BCUT2D eigenvalue weighted by atomic mass is 16.2. The minimum atomic E-state index is -0.321. The molecule has 0 bridgehead atoms. The molecule has 4 heteroatoms. The molecule has 1 N–H and O–H groups in total. The second-order valence-electron chi connectivity index (χ2n) is 6.51. The van der Waals surface area contributed by atoms with Crippen molar-refractivity contribution in [3.8, 4) is 0 Å². The summed E-state index contributed by atoms with van der Waals surface area (Å²) in [5.41, 5.74) is 0.207. The summed E-state index contributed by atoms with van der Waals surface area (Å²) in [4.78, 5) is 26.3. The lowest BCUT2D eigenvalue weighted by atomic mass is 9.87. The number of nitrogens with one attached hydrogen (secondary N) is 1. The molecule has 2 rings (SSSR count). The second kappa shape index (κ2) is 5.51. The molecule has 0 aromatic rings. The first-order valence-corrected chi connectivity index (χ1v) is 7.58. The van der Waals surface area contributed by atoms with Crippen LogP contribution >= 0.6 is 0 Å². The van der Waals surface area contributed by atoms with Gasteiger partial charge in [-0.2, -0.15) is 0 Å². The van der Waals surface area contributed by atoms with Gasteiger partial charge in [-0.05, 0) is 31.6 Å². The maximum absolute atomic E-state index is 12.5. The van der Waals surface area contributed by atoms with Gasteiger partial charge in [0.25, 0.3) is 0 Å². The Balaban J connectivity index is 2.11. The van der Waals surface area contributed by atoms with Crippen molar-refractivity contribution in [1.82, 2.24) is 10.2 Å². The molecule has 1 heterocycles. The first-order chi connectivity index (χ1) is 8.97. The minimum absolute atomic E-state index is 0.000327. The largest absolute Gasteiger partial charge is 0.343 e. The van der Waals surface area contributed by atoms with Crippen molar-refractivity contribution in [2.75, 3.05) is 6.54 Å². The van der Waals surface area contributed by atoms with Crippen LogP contribution in [0.5, 0.6) is 0 Å². The van der Waals surface area contributed by atoms with Crippen molar-refractivity contribution < 1.29 is 9.59 Å². The van der Waals surface area contributed by atoms with E-state index in [1.807, 2.05) is 18.7 Å². The fourth-order valence-electron chi connectivity index (χ4n) is 3.38. The van der Waals surface area contributed by atoms with Crippen LogP contribution < -0.4 is 5.32 Å². The molecule has 1 saturated heterocycles. The molecule has 2 amide bonds. The molecule has 0 aromatic carbocycles. The fourth-order valence-corrected chi connectivity index (χ4v) is 3.38. The van der Waals surface area contributed by atoms with E-state index in [-0.39, 0.29) is 29.3 Å². The Morgan fingerprint density at radius 1 is 1.32 bits per heavy atom. The van der Waals surface area contributed by atoms with Gasteiger partial charge in [0.05, 0.1) is 0 Å². The van der Waals surface area contributed by atoms with Gasteiger partial charge < -0.3 is 10.2 Å². The van der Waals surface area contributed by atoms with Crippen LogP contribution in [-0.2, 0) is 9.59 Å².